The molecule has 0 radical (unpaired) electrons. The molecule has 0 aliphatic carbocycles. The van der Waals surface area contributed by atoms with Gasteiger partial charge < -0.3 is 19.9 Å². The van der Waals surface area contributed by atoms with E-state index in [2.05, 4.69) is 5.32 Å². The molecule has 0 unspecified atom stereocenters. The van der Waals surface area contributed by atoms with Gasteiger partial charge in [-0.25, -0.2) is 0 Å². The first-order valence-electron chi connectivity index (χ1n) is 9.50. The van der Waals surface area contributed by atoms with Crippen LogP contribution in [0.2, 0.25) is 5.02 Å². The van der Waals surface area contributed by atoms with Gasteiger partial charge in [0.15, 0.2) is 6.54 Å². The Kier molecular flexibility index (Phi) is 7.10. The highest BCUT2D eigenvalue weighted by Crippen LogP contribution is 2.15. The average molecular weight is 390 g/mol. The van der Waals surface area contributed by atoms with Crippen LogP contribution in [-0.4, -0.2) is 51.8 Å². The molecule has 0 atom stereocenters. The number of nitrogens with one attached hydrogen (secondary N) is 3. The van der Waals surface area contributed by atoms with Crippen molar-refractivity contribution in [2.24, 2.45) is 0 Å². The molecule has 0 spiro atoms. The summed E-state index contributed by atoms with van der Waals surface area (Å²) in [7, 11) is 0. The number of carbonyl (C=O) groups excluding carboxylic acids is 1. The fourth-order valence-corrected chi connectivity index (χ4v) is 3.42. The summed E-state index contributed by atoms with van der Waals surface area (Å²) in [5.74, 6) is 0.944. The van der Waals surface area contributed by atoms with E-state index in [-0.39, 0.29) is 5.91 Å². The molecule has 1 aliphatic heterocycles. The maximum absolute atomic E-state index is 12.2. The van der Waals surface area contributed by atoms with Crippen LogP contribution >= 0.6 is 11.6 Å². The quantitative estimate of drug-likeness (QED) is 0.644. The second-order valence-electron chi connectivity index (χ2n) is 7.14. The summed E-state index contributed by atoms with van der Waals surface area (Å²) in [6.45, 7) is 8.40. The molecule has 1 heterocycles. The van der Waals surface area contributed by atoms with Crippen molar-refractivity contribution in [1.29, 1.82) is 0 Å². The van der Waals surface area contributed by atoms with Crippen LogP contribution in [0, 0.1) is 6.92 Å². The summed E-state index contributed by atoms with van der Waals surface area (Å²) in [4.78, 5) is 15.1. The van der Waals surface area contributed by atoms with Gasteiger partial charge in [-0.2, -0.15) is 0 Å². The van der Waals surface area contributed by atoms with Crippen molar-refractivity contribution in [3.05, 3.63) is 59.1 Å². The monoisotopic (exact) mass is 389 g/mol. The maximum Gasteiger partial charge on any atom is 0.279 e. The number of hydrogen-bond donors (Lipinski definition) is 3. The Morgan fingerprint density at radius 2 is 1.63 bits per heavy atom. The Bertz CT molecular complexity index is 726. The van der Waals surface area contributed by atoms with Gasteiger partial charge in [0.1, 0.15) is 45.1 Å². The minimum atomic E-state index is 0.0865. The molecule has 2 aromatic rings. The Morgan fingerprint density at radius 3 is 2.30 bits per heavy atom. The predicted molar refractivity (Wildman–Crippen MR) is 108 cm³/mol. The normalized spacial score (nSPS) is 19.5. The number of anilines is 1. The van der Waals surface area contributed by atoms with Crippen LogP contribution in [0.25, 0.3) is 0 Å². The summed E-state index contributed by atoms with van der Waals surface area (Å²) in [5, 5.41) is 3.71. The van der Waals surface area contributed by atoms with Crippen LogP contribution in [0.3, 0.4) is 0 Å². The van der Waals surface area contributed by atoms with E-state index in [4.69, 9.17) is 16.3 Å². The minimum Gasteiger partial charge on any atom is -0.488 e. The number of rotatable bonds is 7. The smallest absolute Gasteiger partial charge is 0.279 e. The zero-order chi connectivity index (χ0) is 19.1. The number of amides is 1. The third kappa shape index (κ3) is 6.54. The molecule has 6 heteroatoms. The molecular weight excluding hydrogens is 362 g/mol. The molecule has 0 aromatic heterocycles. The molecule has 0 bridgehead atoms. The standard InChI is InChI=1S/C21H26ClN3O2/c1-17-2-6-19(7-3-17)23-21(26)16-25-12-10-24(11-13-25)14-15-27-20-8-4-18(22)5-9-20/h2-9H,10-16H2,1H3,(H,23,26)/p+2. The van der Waals surface area contributed by atoms with Gasteiger partial charge >= 0.3 is 0 Å². The SMILES string of the molecule is Cc1ccc(NC(=O)C[NH+]2CC[NH+](CCOc3ccc(Cl)cc3)CC2)cc1. The van der Waals surface area contributed by atoms with Gasteiger partial charge in [-0.3, -0.25) is 4.79 Å². The number of quaternary nitrogens is 2. The minimum absolute atomic E-state index is 0.0865. The average Bonchev–Trinajstić information content (AvgIpc) is 2.67. The van der Waals surface area contributed by atoms with E-state index in [1.807, 2.05) is 55.5 Å². The van der Waals surface area contributed by atoms with Crippen LogP contribution in [-0.2, 0) is 4.79 Å². The summed E-state index contributed by atoms with van der Waals surface area (Å²) in [6.07, 6.45) is 0. The van der Waals surface area contributed by atoms with E-state index in [1.54, 1.807) is 0 Å². The van der Waals surface area contributed by atoms with Crippen molar-refractivity contribution in [3.63, 3.8) is 0 Å². The topological polar surface area (TPSA) is 47.2 Å². The Hall–Kier alpha value is -2.08. The van der Waals surface area contributed by atoms with E-state index in [9.17, 15) is 4.79 Å². The molecule has 1 aliphatic rings. The molecular formula is C21H28ClN3O2+2. The number of ether oxygens (including phenoxy) is 1. The van der Waals surface area contributed by atoms with Crippen LogP contribution in [0.4, 0.5) is 5.69 Å². The highest BCUT2D eigenvalue weighted by atomic mass is 35.5. The summed E-state index contributed by atoms with van der Waals surface area (Å²) < 4.78 is 5.78. The lowest BCUT2D eigenvalue weighted by Gasteiger charge is -2.29. The molecule has 144 valence electrons. The van der Waals surface area contributed by atoms with Crippen molar-refractivity contribution >= 4 is 23.2 Å². The summed E-state index contributed by atoms with van der Waals surface area (Å²) in [5.41, 5.74) is 2.06. The predicted octanol–water partition coefficient (Wildman–Crippen LogP) is 0.449. The molecule has 1 amide bonds. The molecule has 1 fully saturated rings. The number of aryl methyl sites for hydroxylation is 1. The Labute approximate surface area is 165 Å². The lowest BCUT2D eigenvalue weighted by Crippen LogP contribution is -3.28. The summed E-state index contributed by atoms with van der Waals surface area (Å²) in [6, 6.07) is 15.4. The highest BCUT2D eigenvalue weighted by molar-refractivity contribution is 6.30. The molecule has 3 rings (SSSR count). The second kappa shape index (κ2) is 9.74. The number of halogens is 1. The number of hydrogen-bond acceptors (Lipinski definition) is 2. The van der Waals surface area contributed by atoms with Crippen molar-refractivity contribution < 1.29 is 19.3 Å². The number of carbonyl (C=O) groups is 1. The molecule has 2 aromatic carbocycles. The van der Waals surface area contributed by atoms with Gasteiger partial charge in [0.05, 0.1) is 0 Å². The van der Waals surface area contributed by atoms with Crippen LogP contribution in [0.5, 0.6) is 5.75 Å². The first kappa shape index (κ1) is 19.7. The van der Waals surface area contributed by atoms with Crippen molar-refractivity contribution in [2.75, 3.05) is 51.2 Å². The van der Waals surface area contributed by atoms with Crippen molar-refractivity contribution in [2.45, 2.75) is 6.92 Å². The lowest BCUT2D eigenvalue weighted by molar-refractivity contribution is -1.01. The van der Waals surface area contributed by atoms with Gasteiger partial charge in [-0.15, -0.1) is 0 Å². The fraction of sp³-hybridized carbons (Fsp3) is 0.381. The number of benzene rings is 2. The summed E-state index contributed by atoms with van der Waals surface area (Å²) >= 11 is 5.88. The first-order valence-corrected chi connectivity index (χ1v) is 9.88. The van der Waals surface area contributed by atoms with Gasteiger partial charge in [-0.1, -0.05) is 29.3 Å². The van der Waals surface area contributed by atoms with Gasteiger partial charge in [0.25, 0.3) is 5.91 Å². The Morgan fingerprint density at radius 1 is 1.00 bits per heavy atom. The van der Waals surface area contributed by atoms with Crippen molar-refractivity contribution in [1.82, 2.24) is 0 Å². The number of piperazine rings is 1. The van der Waals surface area contributed by atoms with Crippen LogP contribution in [0.1, 0.15) is 5.56 Å². The Balaban J connectivity index is 1.33. The van der Waals surface area contributed by atoms with Crippen LogP contribution in [0.15, 0.2) is 48.5 Å². The van der Waals surface area contributed by atoms with E-state index >= 15 is 0 Å². The third-order valence-electron chi connectivity index (χ3n) is 4.95. The zero-order valence-electron chi connectivity index (χ0n) is 15.8. The maximum atomic E-state index is 12.2. The van der Waals surface area contributed by atoms with E-state index in [0.717, 1.165) is 49.2 Å². The molecule has 0 saturated carbocycles. The largest absolute Gasteiger partial charge is 0.488 e. The molecule has 1 saturated heterocycles. The molecule has 5 nitrogen and oxygen atoms in total. The second-order valence-corrected chi connectivity index (χ2v) is 7.58. The third-order valence-corrected chi connectivity index (χ3v) is 5.20. The van der Waals surface area contributed by atoms with Crippen molar-refractivity contribution in [3.8, 4) is 5.75 Å². The van der Waals surface area contributed by atoms with Gasteiger partial charge in [0.2, 0.25) is 0 Å². The van der Waals surface area contributed by atoms with E-state index < -0.39 is 0 Å². The van der Waals surface area contributed by atoms with Crippen LogP contribution < -0.4 is 19.9 Å². The van der Waals surface area contributed by atoms with Gasteiger partial charge in [-0.05, 0) is 43.3 Å². The zero-order valence-corrected chi connectivity index (χ0v) is 16.5. The van der Waals surface area contributed by atoms with E-state index in [1.165, 1.54) is 15.4 Å². The van der Waals surface area contributed by atoms with Gasteiger partial charge in [0, 0.05) is 10.7 Å². The van der Waals surface area contributed by atoms with E-state index in [0.29, 0.717) is 13.2 Å². The first-order chi connectivity index (χ1) is 13.1. The lowest BCUT2D eigenvalue weighted by atomic mass is 10.2. The highest BCUT2D eigenvalue weighted by Gasteiger charge is 2.24. The fourth-order valence-electron chi connectivity index (χ4n) is 3.30. The molecule has 27 heavy (non-hydrogen) atoms. The molecule has 3 N–H and O–H groups in total.